The summed E-state index contributed by atoms with van der Waals surface area (Å²) in [5.74, 6) is 0.497. The number of hydrogen-bond donors (Lipinski definition) is 1. The Morgan fingerprint density at radius 1 is 1.19 bits per heavy atom. The van der Waals surface area contributed by atoms with Crippen LogP contribution >= 0.6 is 0 Å². The zero-order valence-corrected chi connectivity index (χ0v) is 14.3. The standard InChI is InChI=1S/C20H20F3NO2/c1-13-3-2-4-16(11-13)26-10-9-24-19(25)18-12-17(18)14-5-7-15(8-6-14)20(21,22)23/h2-8,11,17-18H,9-10,12H2,1H3,(H,24,25). The highest BCUT2D eigenvalue weighted by atomic mass is 19.4. The lowest BCUT2D eigenvalue weighted by Gasteiger charge is -2.09. The number of rotatable bonds is 6. The Labute approximate surface area is 150 Å². The molecular weight excluding hydrogens is 343 g/mol. The molecule has 0 radical (unpaired) electrons. The van der Waals surface area contributed by atoms with Gasteiger partial charge in [-0.2, -0.15) is 13.2 Å². The summed E-state index contributed by atoms with van der Waals surface area (Å²) in [4.78, 5) is 12.1. The van der Waals surface area contributed by atoms with Crippen LogP contribution in [-0.2, 0) is 11.0 Å². The van der Waals surface area contributed by atoms with E-state index in [1.165, 1.54) is 12.1 Å². The average Bonchev–Trinajstić information content (AvgIpc) is 3.39. The molecule has 0 bridgehead atoms. The number of benzene rings is 2. The fourth-order valence-electron chi connectivity index (χ4n) is 2.95. The summed E-state index contributed by atoms with van der Waals surface area (Å²) in [5, 5.41) is 2.82. The minimum atomic E-state index is -4.34. The zero-order valence-electron chi connectivity index (χ0n) is 14.3. The van der Waals surface area contributed by atoms with Gasteiger partial charge in [-0.25, -0.2) is 0 Å². The van der Waals surface area contributed by atoms with E-state index >= 15 is 0 Å². The number of carbonyl (C=O) groups excluding carboxylic acids is 1. The summed E-state index contributed by atoms with van der Waals surface area (Å²) in [5.41, 5.74) is 1.20. The predicted octanol–water partition coefficient (Wildman–Crippen LogP) is 4.31. The third-order valence-corrected chi connectivity index (χ3v) is 4.45. The topological polar surface area (TPSA) is 38.3 Å². The second-order valence-electron chi connectivity index (χ2n) is 6.52. The number of nitrogens with one attached hydrogen (secondary N) is 1. The number of ether oxygens (including phenoxy) is 1. The first-order chi connectivity index (χ1) is 12.3. The van der Waals surface area contributed by atoms with Crippen LogP contribution in [0.1, 0.15) is 29.0 Å². The number of amides is 1. The van der Waals surface area contributed by atoms with Crippen molar-refractivity contribution < 1.29 is 22.7 Å². The molecule has 3 rings (SSSR count). The van der Waals surface area contributed by atoms with Crippen molar-refractivity contribution in [3.63, 3.8) is 0 Å². The van der Waals surface area contributed by atoms with E-state index in [1.807, 2.05) is 31.2 Å². The first-order valence-corrected chi connectivity index (χ1v) is 8.49. The van der Waals surface area contributed by atoms with Gasteiger partial charge in [-0.1, -0.05) is 24.3 Å². The predicted molar refractivity (Wildman–Crippen MR) is 92.0 cm³/mol. The van der Waals surface area contributed by atoms with Crippen molar-refractivity contribution in [1.29, 1.82) is 0 Å². The summed E-state index contributed by atoms with van der Waals surface area (Å²) in [7, 11) is 0. The number of aryl methyl sites for hydroxylation is 1. The summed E-state index contributed by atoms with van der Waals surface area (Å²) in [6, 6.07) is 12.7. The molecule has 138 valence electrons. The van der Waals surface area contributed by atoms with Crippen molar-refractivity contribution in [3.05, 3.63) is 65.2 Å². The van der Waals surface area contributed by atoms with E-state index in [0.29, 0.717) is 19.6 Å². The van der Waals surface area contributed by atoms with Gasteiger partial charge in [0.2, 0.25) is 5.91 Å². The number of hydrogen-bond acceptors (Lipinski definition) is 2. The van der Waals surface area contributed by atoms with Crippen LogP contribution in [0.2, 0.25) is 0 Å². The zero-order chi connectivity index (χ0) is 18.7. The Bertz CT molecular complexity index is 771. The Morgan fingerprint density at radius 2 is 1.92 bits per heavy atom. The van der Waals surface area contributed by atoms with Gasteiger partial charge in [0, 0.05) is 5.92 Å². The lowest BCUT2D eigenvalue weighted by molar-refractivity contribution is -0.137. The van der Waals surface area contributed by atoms with Gasteiger partial charge in [-0.05, 0) is 54.7 Å². The van der Waals surface area contributed by atoms with E-state index in [0.717, 1.165) is 29.0 Å². The summed E-state index contributed by atoms with van der Waals surface area (Å²) >= 11 is 0. The molecule has 1 fully saturated rings. The molecule has 0 aliphatic heterocycles. The fraction of sp³-hybridized carbons (Fsp3) is 0.350. The van der Waals surface area contributed by atoms with Gasteiger partial charge in [-0.15, -0.1) is 0 Å². The minimum absolute atomic E-state index is 0.00465. The van der Waals surface area contributed by atoms with Gasteiger partial charge >= 0.3 is 6.18 Å². The highest BCUT2D eigenvalue weighted by molar-refractivity contribution is 5.82. The van der Waals surface area contributed by atoms with Crippen molar-refractivity contribution in [3.8, 4) is 5.75 Å². The molecule has 2 aromatic carbocycles. The molecule has 0 aromatic heterocycles. The normalized spacial score (nSPS) is 19.1. The van der Waals surface area contributed by atoms with Crippen LogP contribution in [0.3, 0.4) is 0 Å². The molecule has 0 saturated heterocycles. The highest BCUT2D eigenvalue weighted by Gasteiger charge is 2.44. The van der Waals surface area contributed by atoms with Crippen LogP contribution in [0.15, 0.2) is 48.5 Å². The molecule has 1 N–H and O–H groups in total. The summed E-state index contributed by atoms with van der Waals surface area (Å²) in [6.07, 6.45) is -3.67. The van der Waals surface area contributed by atoms with Gasteiger partial charge < -0.3 is 10.1 Å². The molecular formula is C20H20F3NO2. The SMILES string of the molecule is Cc1cccc(OCCNC(=O)C2CC2c2ccc(C(F)(F)F)cc2)c1. The van der Waals surface area contributed by atoms with Crippen LogP contribution in [0.25, 0.3) is 0 Å². The molecule has 1 aliphatic carbocycles. The Morgan fingerprint density at radius 3 is 2.58 bits per heavy atom. The maximum Gasteiger partial charge on any atom is 0.416 e. The first-order valence-electron chi connectivity index (χ1n) is 8.49. The van der Waals surface area contributed by atoms with Crippen molar-refractivity contribution in [2.45, 2.75) is 25.4 Å². The molecule has 2 unspecified atom stereocenters. The first kappa shape index (κ1) is 18.3. The molecule has 1 saturated carbocycles. The third-order valence-electron chi connectivity index (χ3n) is 4.45. The van der Waals surface area contributed by atoms with E-state index in [2.05, 4.69) is 5.32 Å². The third kappa shape index (κ3) is 4.56. The molecule has 0 heterocycles. The van der Waals surface area contributed by atoms with E-state index in [9.17, 15) is 18.0 Å². The van der Waals surface area contributed by atoms with Crippen LogP contribution in [0, 0.1) is 12.8 Å². The van der Waals surface area contributed by atoms with Gasteiger partial charge in [0.15, 0.2) is 0 Å². The van der Waals surface area contributed by atoms with Crippen molar-refractivity contribution in [2.75, 3.05) is 13.2 Å². The summed E-state index contributed by atoms with van der Waals surface area (Å²) < 4.78 is 43.3. The maximum absolute atomic E-state index is 12.6. The smallest absolute Gasteiger partial charge is 0.416 e. The van der Waals surface area contributed by atoms with Gasteiger partial charge in [0.05, 0.1) is 12.1 Å². The number of halogens is 3. The molecule has 2 atom stereocenters. The highest BCUT2D eigenvalue weighted by Crippen LogP contribution is 2.47. The molecule has 2 aromatic rings. The van der Waals surface area contributed by atoms with Crippen LogP contribution in [-0.4, -0.2) is 19.1 Å². The monoisotopic (exact) mass is 363 g/mol. The molecule has 1 amide bonds. The molecule has 6 heteroatoms. The Kier molecular flexibility index (Phi) is 5.20. The maximum atomic E-state index is 12.6. The van der Waals surface area contributed by atoms with Crippen LogP contribution in [0.4, 0.5) is 13.2 Å². The Balaban J connectivity index is 1.43. The van der Waals surface area contributed by atoms with Crippen molar-refractivity contribution in [1.82, 2.24) is 5.32 Å². The van der Waals surface area contributed by atoms with Crippen LogP contribution < -0.4 is 10.1 Å². The lowest BCUT2D eigenvalue weighted by atomic mass is 10.1. The van der Waals surface area contributed by atoms with Crippen LogP contribution in [0.5, 0.6) is 5.75 Å². The quantitative estimate of drug-likeness (QED) is 0.777. The average molecular weight is 363 g/mol. The fourth-order valence-corrected chi connectivity index (χ4v) is 2.95. The molecule has 3 nitrogen and oxygen atoms in total. The summed E-state index contributed by atoms with van der Waals surface area (Å²) in [6.45, 7) is 2.74. The van der Waals surface area contributed by atoms with Gasteiger partial charge in [0.1, 0.15) is 12.4 Å². The van der Waals surface area contributed by atoms with Gasteiger partial charge in [-0.3, -0.25) is 4.79 Å². The van der Waals surface area contributed by atoms with E-state index in [4.69, 9.17) is 4.74 Å². The van der Waals surface area contributed by atoms with E-state index in [1.54, 1.807) is 0 Å². The molecule has 26 heavy (non-hydrogen) atoms. The van der Waals surface area contributed by atoms with E-state index < -0.39 is 11.7 Å². The molecule has 0 spiro atoms. The lowest BCUT2D eigenvalue weighted by Crippen LogP contribution is -2.29. The number of carbonyl (C=O) groups is 1. The Hall–Kier alpha value is -2.50. The number of alkyl halides is 3. The van der Waals surface area contributed by atoms with Crippen molar-refractivity contribution in [2.24, 2.45) is 5.92 Å². The minimum Gasteiger partial charge on any atom is -0.492 e. The van der Waals surface area contributed by atoms with Gasteiger partial charge in [0.25, 0.3) is 0 Å². The van der Waals surface area contributed by atoms with E-state index in [-0.39, 0.29) is 17.7 Å². The molecule has 1 aliphatic rings. The van der Waals surface area contributed by atoms with Crippen molar-refractivity contribution >= 4 is 5.91 Å². The largest absolute Gasteiger partial charge is 0.492 e. The second kappa shape index (κ2) is 7.40. The second-order valence-corrected chi connectivity index (χ2v) is 6.52.